The van der Waals surface area contributed by atoms with Crippen molar-refractivity contribution < 1.29 is 29.3 Å². The van der Waals surface area contributed by atoms with Crippen LogP contribution in [-0.4, -0.2) is 84.3 Å². The van der Waals surface area contributed by atoms with Crippen molar-refractivity contribution in [2.75, 3.05) is 33.8 Å². The largest absolute Gasteiger partial charge is 0.387 e. The monoisotopic (exact) mass is 262 g/mol. The van der Waals surface area contributed by atoms with Crippen molar-refractivity contribution in [3.05, 3.63) is 0 Å². The Labute approximate surface area is 107 Å². The van der Waals surface area contributed by atoms with Crippen LogP contribution in [0, 0.1) is 0 Å². The van der Waals surface area contributed by atoms with E-state index in [0.717, 1.165) is 17.6 Å². The van der Waals surface area contributed by atoms with Gasteiger partial charge in [-0.05, 0) is 0 Å². The molecule has 2 rings (SSSR count). The standard InChI is InChI=1S/C12H24NO5/c1-13(5-3-4-6-13)7-8-9(14)10(15)11(16)12(17-2)18-8/h8-12,14-16H,3-7H2,1-2H3/q+1/t8-,9-,10+,11-,12+/m1/s1. The molecule has 0 radical (unpaired) electrons. The van der Waals surface area contributed by atoms with E-state index < -0.39 is 30.7 Å². The van der Waals surface area contributed by atoms with Crippen LogP contribution in [0.3, 0.4) is 0 Å². The number of quaternary nitrogens is 1. The molecule has 2 saturated heterocycles. The number of hydrogen-bond donors (Lipinski definition) is 3. The van der Waals surface area contributed by atoms with E-state index >= 15 is 0 Å². The van der Waals surface area contributed by atoms with Crippen LogP contribution >= 0.6 is 0 Å². The predicted molar refractivity (Wildman–Crippen MR) is 63.7 cm³/mol. The highest BCUT2D eigenvalue weighted by Crippen LogP contribution is 2.26. The van der Waals surface area contributed by atoms with Gasteiger partial charge in [0.1, 0.15) is 31.0 Å². The zero-order valence-electron chi connectivity index (χ0n) is 11.0. The number of methoxy groups -OCH3 is 1. The Bertz CT molecular complexity index is 280. The molecule has 0 unspecified atom stereocenters. The molecular weight excluding hydrogens is 238 g/mol. The molecule has 0 saturated carbocycles. The van der Waals surface area contributed by atoms with E-state index in [0.29, 0.717) is 6.54 Å². The van der Waals surface area contributed by atoms with Crippen molar-refractivity contribution in [2.45, 2.75) is 43.5 Å². The summed E-state index contributed by atoms with van der Waals surface area (Å²) in [6.07, 6.45) is -2.51. The third-order valence-electron chi connectivity index (χ3n) is 4.17. The van der Waals surface area contributed by atoms with Gasteiger partial charge in [-0.15, -0.1) is 0 Å². The molecule has 2 heterocycles. The minimum absolute atomic E-state index is 0.503. The van der Waals surface area contributed by atoms with Gasteiger partial charge in [0.25, 0.3) is 0 Å². The molecule has 5 atom stereocenters. The van der Waals surface area contributed by atoms with Crippen LogP contribution in [0.1, 0.15) is 12.8 Å². The molecule has 2 aliphatic rings. The smallest absolute Gasteiger partial charge is 0.186 e. The molecule has 2 fully saturated rings. The number of aliphatic hydroxyl groups is 3. The van der Waals surface area contributed by atoms with Gasteiger partial charge in [0, 0.05) is 20.0 Å². The van der Waals surface area contributed by atoms with Crippen molar-refractivity contribution in [3.63, 3.8) is 0 Å². The zero-order valence-corrected chi connectivity index (χ0v) is 11.0. The maximum absolute atomic E-state index is 10.00. The summed E-state index contributed by atoms with van der Waals surface area (Å²) in [7, 11) is 3.55. The number of ether oxygens (including phenoxy) is 2. The highest BCUT2D eigenvalue weighted by Gasteiger charge is 2.47. The van der Waals surface area contributed by atoms with Crippen LogP contribution < -0.4 is 0 Å². The van der Waals surface area contributed by atoms with Gasteiger partial charge in [-0.2, -0.15) is 0 Å². The van der Waals surface area contributed by atoms with E-state index in [4.69, 9.17) is 9.47 Å². The van der Waals surface area contributed by atoms with Gasteiger partial charge in [-0.25, -0.2) is 0 Å². The number of likely N-dealkylation sites (tertiary alicyclic amines) is 1. The Morgan fingerprint density at radius 1 is 1.11 bits per heavy atom. The van der Waals surface area contributed by atoms with E-state index in [-0.39, 0.29) is 0 Å². The molecule has 0 aliphatic carbocycles. The topological polar surface area (TPSA) is 79.2 Å². The highest BCUT2D eigenvalue weighted by atomic mass is 16.7. The van der Waals surface area contributed by atoms with Crippen molar-refractivity contribution in [2.24, 2.45) is 0 Å². The van der Waals surface area contributed by atoms with E-state index in [9.17, 15) is 15.3 Å². The predicted octanol–water partition coefficient (Wildman–Crippen LogP) is -1.32. The van der Waals surface area contributed by atoms with Gasteiger partial charge in [0.2, 0.25) is 0 Å². The number of aliphatic hydroxyl groups excluding tert-OH is 3. The third kappa shape index (κ3) is 2.68. The lowest BCUT2D eigenvalue weighted by molar-refractivity contribution is -0.901. The molecule has 6 nitrogen and oxygen atoms in total. The molecule has 106 valence electrons. The number of hydrogen-bond acceptors (Lipinski definition) is 5. The summed E-state index contributed by atoms with van der Waals surface area (Å²) < 4.78 is 11.4. The normalized spacial score (nSPS) is 44.2. The average Bonchev–Trinajstić information content (AvgIpc) is 2.77. The molecule has 0 aromatic heterocycles. The molecule has 0 spiro atoms. The van der Waals surface area contributed by atoms with Crippen LogP contribution in [-0.2, 0) is 9.47 Å². The SMILES string of the molecule is CO[C@H]1O[C@H](C[N+]2(C)CCCC2)[C@@H](O)[C@H](O)[C@H]1O. The van der Waals surface area contributed by atoms with Gasteiger partial charge in [0.15, 0.2) is 6.29 Å². The van der Waals surface area contributed by atoms with Crippen LogP contribution in [0.25, 0.3) is 0 Å². The van der Waals surface area contributed by atoms with Crippen LogP contribution in [0.4, 0.5) is 0 Å². The summed E-state index contributed by atoms with van der Waals surface area (Å²) in [4.78, 5) is 0. The lowest BCUT2D eigenvalue weighted by Crippen LogP contribution is -2.62. The number of nitrogens with zero attached hydrogens (tertiary/aromatic N) is 1. The van der Waals surface area contributed by atoms with Crippen LogP contribution in [0.5, 0.6) is 0 Å². The van der Waals surface area contributed by atoms with Gasteiger partial charge in [-0.3, -0.25) is 0 Å². The Hall–Kier alpha value is -0.240. The second kappa shape index (κ2) is 5.40. The first kappa shape index (κ1) is 14.2. The van der Waals surface area contributed by atoms with Crippen molar-refractivity contribution in [1.29, 1.82) is 0 Å². The van der Waals surface area contributed by atoms with Crippen molar-refractivity contribution in [1.82, 2.24) is 0 Å². The van der Waals surface area contributed by atoms with E-state index in [1.807, 2.05) is 0 Å². The van der Waals surface area contributed by atoms with Crippen LogP contribution in [0.15, 0.2) is 0 Å². The summed E-state index contributed by atoms with van der Waals surface area (Å²) in [5, 5.41) is 29.5. The van der Waals surface area contributed by atoms with E-state index in [1.54, 1.807) is 0 Å². The first-order valence-corrected chi connectivity index (χ1v) is 6.53. The zero-order chi connectivity index (χ0) is 13.3. The first-order chi connectivity index (χ1) is 8.47. The number of rotatable bonds is 3. The van der Waals surface area contributed by atoms with Gasteiger partial charge >= 0.3 is 0 Å². The fourth-order valence-corrected chi connectivity index (χ4v) is 2.98. The summed E-state index contributed by atoms with van der Waals surface area (Å²) in [5.41, 5.74) is 0. The molecule has 18 heavy (non-hydrogen) atoms. The highest BCUT2D eigenvalue weighted by molar-refractivity contribution is 4.89. The average molecular weight is 262 g/mol. The second-order valence-corrected chi connectivity index (χ2v) is 5.71. The Morgan fingerprint density at radius 3 is 2.28 bits per heavy atom. The second-order valence-electron chi connectivity index (χ2n) is 5.71. The van der Waals surface area contributed by atoms with Gasteiger partial charge in [0.05, 0.1) is 20.1 Å². The van der Waals surface area contributed by atoms with Gasteiger partial charge < -0.3 is 29.3 Å². The lowest BCUT2D eigenvalue weighted by atomic mass is 9.98. The molecule has 0 aromatic rings. The molecule has 6 heteroatoms. The maximum atomic E-state index is 10.00. The lowest BCUT2D eigenvalue weighted by Gasteiger charge is -2.42. The van der Waals surface area contributed by atoms with Gasteiger partial charge in [-0.1, -0.05) is 0 Å². The summed E-state index contributed by atoms with van der Waals surface area (Å²) in [6.45, 7) is 2.75. The summed E-state index contributed by atoms with van der Waals surface area (Å²) in [5.74, 6) is 0. The Morgan fingerprint density at radius 2 is 1.72 bits per heavy atom. The molecule has 0 amide bonds. The van der Waals surface area contributed by atoms with E-state index in [2.05, 4.69) is 7.05 Å². The summed E-state index contributed by atoms with van der Waals surface area (Å²) in [6, 6.07) is 0. The molecule has 3 N–H and O–H groups in total. The third-order valence-corrected chi connectivity index (χ3v) is 4.17. The minimum Gasteiger partial charge on any atom is -0.387 e. The molecular formula is C12H24NO5+. The quantitative estimate of drug-likeness (QED) is 0.550. The Kier molecular flexibility index (Phi) is 4.25. The first-order valence-electron chi connectivity index (χ1n) is 6.53. The van der Waals surface area contributed by atoms with Crippen molar-refractivity contribution in [3.8, 4) is 0 Å². The van der Waals surface area contributed by atoms with Crippen LogP contribution in [0.2, 0.25) is 0 Å². The van der Waals surface area contributed by atoms with Crippen molar-refractivity contribution >= 4 is 0 Å². The minimum atomic E-state index is -1.22. The maximum Gasteiger partial charge on any atom is 0.186 e. The summed E-state index contributed by atoms with van der Waals surface area (Å²) >= 11 is 0. The molecule has 0 bridgehead atoms. The van der Waals surface area contributed by atoms with E-state index in [1.165, 1.54) is 20.0 Å². The fraction of sp³-hybridized carbons (Fsp3) is 1.00. The number of likely N-dealkylation sites (N-methyl/N-ethyl adjacent to an activating group) is 1. The molecule has 0 aromatic carbocycles. The molecule has 2 aliphatic heterocycles. The Balaban J connectivity index is 2.02. The fourth-order valence-electron chi connectivity index (χ4n) is 2.98.